The normalized spacial score (nSPS) is 13.2. The zero-order valence-electron chi connectivity index (χ0n) is 25.3. The van der Waals surface area contributed by atoms with E-state index in [1.54, 1.807) is 24.3 Å². The molecule has 216 valence electrons. The summed E-state index contributed by atoms with van der Waals surface area (Å²) in [5.41, 5.74) is 2.87. The van der Waals surface area contributed by atoms with Gasteiger partial charge in [-0.05, 0) is 42.4 Å². The Bertz CT molecular complexity index is 1070. The highest BCUT2D eigenvalue weighted by molar-refractivity contribution is 7.87. The number of benzene rings is 2. The predicted molar refractivity (Wildman–Crippen MR) is 165 cm³/mol. The third-order valence-electron chi connectivity index (χ3n) is 7.51. The van der Waals surface area contributed by atoms with Gasteiger partial charge in [0.25, 0.3) is 0 Å². The summed E-state index contributed by atoms with van der Waals surface area (Å²) in [6, 6.07) is 13.0. The molecule has 0 bridgehead atoms. The van der Waals surface area contributed by atoms with Gasteiger partial charge in [-0.3, -0.25) is 9.59 Å². The van der Waals surface area contributed by atoms with E-state index in [9.17, 15) is 14.2 Å². The molecule has 0 fully saturated rings. The topological polar surface area (TPSA) is 60.4 Å². The summed E-state index contributed by atoms with van der Waals surface area (Å²) in [5.74, 6) is -0.383. The van der Waals surface area contributed by atoms with Gasteiger partial charge in [0, 0.05) is 17.0 Å². The summed E-state index contributed by atoms with van der Waals surface area (Å²) in [6.07, 6.45) is 12.1. The van der Waals surface area contributed by atoms with E-state index in [0.717, 1.165) is 36.0 Å². The molecule has 0 aromatic heterocycles. The minimum Gasteiger partial charge on any atom is -0.466 e. The second-order valence-corrected chi connectivity index (χ2v) is 14.8. The van der Waals surface area contributed by atoms with Gasteiger partial charge >= 0.3 is 5.97 Å². The van der Waals surface area contributed by atoms with Crippen LogP contribution in [0.1, 0.15) is 125 Å². The quantitative estimate of drug-likeness (QED) is 0.111. The van der Waals surface area contributed by atoms with Crippen molar-refractivity contribution in [3.63, 3.8) is 0 Å². The number of carbonyl (C=O) groups is 2. The molecule has 0 aliphatic carbocycles. The first-order valence-electron chi connectivity index (χ1n) is 15.0. The highest BCUT2D eigenvalue weighted by atomic mass is 31.2. The van der Waals surface area contributed by atoms with Gasteiger partial charge < -0.3 is 9.30 Å². The molecule has 0 N–H and O–H groups in total. The summed E-state index contributed by atoms with van der Waals surface area (Å²) in [7, 11) is -3.56. The summed E-state index contributed by atoms with van der Waals surface area (Å²) in [4.78, 5) is 26.5. The number of carbonyl (C=O) groups excluding carboxylic acids is 2. The zero-order chi connectivity index (χ0) is 28.9. The van der Waals surface area contributed by atoms with Crippen LogP contribution in [0.4, 0.5) is 0 Å². The first-order valence-corrected chi connectivity index (χ1v) is 16.9. The predicted octanol–water partition coefficient (Wildman–Crippen LogP) is 9.28. The minimum absolute atomic E-state index is 0.0212. The molecule has 4 nitrogen and oxygen atoms in total. The Morgan fingerprint density at radius 1 is 0.795 bits per heavy atom. The van der Waals surface area contributed by atoms with Crippen LogP contribution in [0.15, 0.2) is 42.5 Å². The Balaban J connectivity index is 1.97. The molecule has 0 saturated heterocycles. The van der Waals surface area contributed by atoms with Crippen molar-refractivity contribution in [3.8, 4) is 0 Å². The lowest BCUT2D eigenvalue weighted by Gasteiger charge is -2.24. The highest BCUT2D eigenvalue weighted by Crippen LogP contribution is 2.49. The number of esters is 1. The van der Waals surface area contributed by atoms with Gasteiger partial charge in [-0.1, -0.05) is 128 Å². The fourth-order valence-electron chi connectivity index (χ4n) is 5.03. The van der Waals surface area contributed by atoms with Gasteiger partial charge in [0.15, 0.2) is 7.14 Å². The Hall–Kier alpha value is -2.19. The van der Waals surface area contributed by atoms with Crippen LogP contribution < -0.4 is 5.30 Å². The number of ether oxygens (including phenoxy) is 1. The molecule has 0 aliphatic rings. The lowest BCUT2D eigenvalue weighted by molar-refractivity contribution is -0.143. The number of hydrogen-bond acceptors (Lipinski definition) is 4. The molecule has 0 aliphatic heterocycles. The Labute approximate surface area is 237 Å². The largest absolute Gasteiger partial charge is 0.466 e. The molecule has 2 rings (SSSR count). The van der Waals surface area contributed by atoms with Gasteiger partial charge in [-0.25, -0.2) is 0 Å². The van der Waals surface area contributed by atoms with E-state index < -0.39 is 7.14 Å². The first kappa shape index (κ1) is 33.0. The third-order valence-corrected chi connectivity index (χ3v) is 10.4. The van der Waals surface area contributed by atoms with Crippen molar-refractivity contribution in [1.29, 1.82) is 0 Å². The van der Waals surface area contributed by atoms with Crippen molar-refractivity contribution in [2.75, 3.05) is 12.8 Å². The average molecular weight is 555 g/mol. The average Bonchev–Trinajstić information content (AvgIpc) is 2.89. The first-order chi connectivity index (χ1) is 18.5. The fourth-order valence-corrected chi connectivity index (χ4v) is 7.59. The minimum atomic E-state index is -3.56. The van der Waals surface area contributed by atoms with E-state index in [-0.39, 0.29) is 29.5 Å². The fraction of sp³-hybridized carbons (Fsp3) is 0.588. The number of unbranched alkanes of at least 4 members (excludes halogenated alkanes) is 9. The molecule has 1 atom stereocenters. The molecule has 0 heterocycles. The number of hydrogen-bond donors (Lipinski definition) is 0. The number of aryl methyl sites for hydroxylation is 2. The van der Waals surface area contributed by atoms with E-state index in [1.807, 2.05) is 32.0 Å². The monoisotopic (exact) mass is 554 g/mol. The molecule has 0 saturated carbocycles. The standard InChI is InChI=1S/C34H51O4P/c1-7-8-9-10-11-12-13-14-15-19-23-38-31(35)22-24-39(37,30-20-17-16-18-21-30)33(36)32-27(2)25-29(26-28(32)3)34(4,5)6/h16-18,20-21,25-26H,7-15,19,22-24H2,1-6H3. The lowest BCUT2D eigenvalue weighted by Crippen LogP contribution is -2.20. The van der Waals surface area contributed by atoms with Crippen LogP contribution in [-0.2, 0) is 19.5 Å². The molecule has 0 radical (unpaired) electrons. The van der Waals surface area contributed by atoms with Crippen molar-refractivity contribution in [2.45, 2.75) is 118 Å². The third kappa shape index (κ3) is 10.4. The van der Waals surface area contributed by atoms with Crippen LogP contribution in [-0.4, -0.2) is 24.3 Å². The van der Waals surface area contributed by atoms with E-state index in [1.165, 1.54) is 44.9 Å². The van der Waals surface area contributed by atoms with Gasteiger partial charge in [0.05, 0.1) is 13.0 Å². The van der Waals surface area contributed by atoms with E-state index in [0.29, 0.717) is 17.5 Å². The van der Waals surface area contributed by atoms with Gasteiger partial charge in [0.2, 0.25) is 5.52 Å². The summed E-state index contributed by atoms with van der Waals surface area (Å²) >= 11 is 0. The second kappa shape index (κ2) is 16.2. The molecule has 39 heavy (non-hydrogen) atoms. The van der Waals surface area contributed by atoms with Crippen LogP contribution in [0.25, 0.3) is 0 Å². The van der Waals surface area contributed by atoms with Crippen LogP contribution >= 0.6 is 7.14 Å². The molecule has 1 unspecified atom stereocenters. The summed E-state index contributed by atoms with van der Waals surface area (Å²) < 4.78 is 19.9. The molecular weight excluding hydrogens is 503 g/mol. The molecule has 2 aromatic carbocycles. The van der Waals surface area contributed by atoms with Gasteiger partial charge in [-0.2, -0.15) is 0 Å². The Kier molecular flexibility index (Phi) is 13.7. The second-order valence-electron chi connectivity index (χ2n) is 12.0. The SMILES string of the molecule is CCCCCCCCCCCCOC(=O)CCP(=O)(C(=O)c1c(C)cc(C(C)(C)C)cc1C)c1ccccc1. The Morgan fingerprint density at radius 3 is 1.82 bits per heavy atom. The van der Waals surface area contributed by atoms with Crippen molar-refractivity contribution in [2.24, 2.45) is 0 Å². The molecule has 0 amide bonds. The van der Waals surface area contributed by atoms with Crippen LogP contribution in [0.3, 0.4) is 0 Å². The maximum Gasteiger partial charge on any atom is 0.306 e. The summed E-state index contributed by atoms with van der Waals surface area (Å²) in [6.45, 7) is 12.8. The number of rotatable bonds is 17. The molecule has 2 aromatic rings. The maximum absolute atomic E-state index is 14.4. The summed E-state index contributed by atoms with van der Waals surface area (Å²) in [5, 5.41) is 0.496. The zero-order valence-corrected chi connectivity index (χ0v) is 26.2. The van der Waals surface area contributed by atoms with E-state index in [2.05, 4.69) is 27.7 Å². The van der Waals surface area contributed by atoms with Crippen LogP contribution in [0.5, 0.6) is 0 Å². The smallest absolute Gasteiger partial charge is 0.306 e. The molecule has 0 spiro atoms. The van der Waals surface area contributed by atoms with E-state index in [4.69, 9.17) is 4.74 Å². The lowest BCUT2D eigenvalue weighted by atomic mass is 9.84. The van der Waals surface area contributed by atoms with Crippen LogP contribution in [0, 0.1) is 13.8 Å². The van der Waals surface area contributed by atoms with Crippen molar-refractivity contribution < 1.29 is 18.9 Å². The molecule has 5 heteroatoms. The van der Waals surface area contributed by atoms with Crippen molar-refractivity contribution >= 4 is 23.9 Å². The van der Waals surface area contributed by atoms with Gasteiger partial charge in [-0.15, -0.1) is 0 Å². The highest BCUT2D eigenvalue weighted by Gasteiger charge is 2.37. The van der Waals surface area contributed by atoms with Crippen molar-refractivity contribution in [3.05, 3.63) is 64.7 Å². The molecular formula is C34H51O4P. The van der Waals surface area contributed by atoms with E-state index >= 15 is 0 Å². The maximum atomic E-state index is 14.4. The van der Waals surface area contributed by atoms with Crippen LogP contribution in [0.2, 0.25) is 0 Å². The Morgan fingerprint density at radius 2 is 1.31 bits per heavy atom. The van der Waals surface area contributed by atoms with Gasteiger partial charge in [0.1, 0.15) is 0 Å². The van der Waals surface area contributed by atoms with Crippen molar-refractivity contribution in [1.82, 2.24) is 0 Å².